The fraction of sp³-hybridized carbons (Fsp3) is 0.652. The van der Waals surface area contributed by atoms with E-state index in [1.807, 2.05) is 7.05 Å². The molecule has 31 heavy (non-hydrogen) atoms. The first-order valence-corrected chi connectivity index (χ1v) is 11.4. The summed E-state index contributed by atoms with van der Waals surface area (Å²) in [6.07, 6.45) is 4.12. The lowest BCUT2D eigenvalue weighted by Gasteiger charge is -2.36. The van der Waals surface area contributed by atoms with Gasteiger partial charge in [-0.05, 0) is 50.9 Å². The maximum Gasteiger partial charge on any atom is 0.220 e. The Balaban J connectivity index is 0.00000341. The molecule has 2 aliphatic rings. The highest BCUT2D eigenvalue weighted by Gasteiger charge is 2.22. The molecule has 0 unspecified atom stereocenters. The molecule has 0 aliphatic carbocycles. The third-order valence-corrected chi connectivity index (χ3v) is 6.31. The SMILES string of the molecule is CN=C(NCCCCN1CCC(C(N)=O)CC1)N1CCN(Cc2ccccc2)CC1.I. The summed E-state index contributed by atoms with van der Waals surface area (Å²) in [5.41, 5.74) is 6.80. The van der Waals surface area contributed by atoms with Gasteiger partial charge in [-0.3, -0.25) is 14.7 Å². The second kappa shape index (κ2) is 13.9. The van der Waals surface area contributed by atoms with Crippen LogP contribution in [0.25, 0.3) is 0 Å². The van der Waals surface area contributed by atoms with Crippen molar-refractivity contribution in [3.05, 3.63) is 35.9 Å². The Morgan fingerprint density at radius 1 is 1.03 bits per heavy atom. The average Bonchev–Trinajstić information content (AvgIpc) is 2.78. The van der Waals surface area contributed by atoms with Crippen molar-refractivity contribution in [1.82, 2.24) is 20.0 Å². The molecule has 1 aromatic carbocycles. The van der Waals surface area contributed by atoms with Gasteiger partial charge in [-0.25, -0.2) is 0 Å². The molecule has 0 saturated carbocycles. The Morgan fingerprint density at radius 2 is 1.71 bits per heavy atom. The Kier molecular flexibility index (Phi) is 11.6. The van der Waals surface area contributed by atoms with Crippen molar-refractivity contribution >= 4 is 35.8 Å². The first kappa shape index (κ1) is 25.9. The molecule has 174 valence electrons. The van der Waals surface area contributed by atoms with Crippen molar-refractivity contribution in [3.8, 4) is 0 Å². The molecular weight excluding hydrogens is 503 g/mol. The Hall–Kier alpha value is -1.39. The fourth-order valence-electron chi connectivity index (χ4n) is 4.39. The number of halogens is 1. The zero-order valence-electron chi connectivity index (χ0n) is 18.8. The molecule has 0 atom stereocenters. The van der Waals surface area contributed by atoms with E-state index >= 15 is 0 Å². The highest BCUT2D eigenvalue weighted by molar-refractivity contribution is 14.0. The van der Waals surface area contributed by atoms with E-state index < -0.39 is 0 Å². The first-order valence-electron chi connectivity index (χ1n) is 11.4. The summed E-state index contributed by atoms with van der Waals surface area (Å²) in [5.74, 6) is 0.974. The zero-order chi connectivity index (χ0) is 21.2. The molecule has 2 aliphatic heterocycles. The fourth-order valence-corrected chi connectivity index (χ4v) is 4.39. The quantitative estimate of drug-likeness (QED) is 0.228. The van der Waals surface area contributed by atoms with Crippen molar-refractivity contribution in [2.75, 3.05) is 59.4 Å². The number of hydrogen-bond acceptors (Lipinski definition) is 4. The molecule has 3 rings (SSSR count). The molecule has 0 spiro atoms. The van der Waals surface area contributed by atoms with Gasteiger partial charge in [0, 0.05) is 52.2 Å². The van der Waals surface area contributed by atoms with Gasteiger partial charge in [0.15, 0.2) is 5.96 Å². The van der Waals surface area contributed by atoms with E-state index in [1.165, 1.54) is 5.56 Å². The number of amides is 1. The van der Waals surface area contributed by atoms with Gasteiger partial charge in [-0.2, -0.15) is 0 Å². The van der Waals surface area contributed by atoms with E-state index in [0.717, 1.165) is 90.5 Å². The molecule has 1 amide bonds. The third kappa shape index (κ3) is 8.57. The lowest BCUT2D eigenvalue weighted by molar-refractivity contribution is -0.123. The minimum Gasteiger partial charge on any atom is -0.369 e. The van der Waals surface area contributed by atoms with Crippen LogP contribution in [0.15, 0.2) is 35.3 Å². The number of hydrogen-bond donors (Lipinski definition) is 2. The molecule has 2 heterocycles. The predicted octanol–water partition coefficient (Wildman–Crippen LogP) is 1.98. The first-order chi connectivity index (χ1) is 14.7. The number of piperidine rings is 1. The Morgan fingerprint density at radius 3 is 2.32 bits per heavy atom. The number of unbranched alkanes of at least 4 members (excludes halogenated alkanes) is 1. The van der Waals surface area contributed by atoms with Crippen LogP contribution in [0.5, 0.6) is 0 Å². The number of rotatable bonds is 8. The summed E-state index contributed by atoms with van der Waals surface area (Å²) in [7, 11) is 1.88. The molecule has 1 aromatic rings. The summed E-state index contributed by atoms with van der Waals surface area (Å²) < 4.78 is 0. The third-order valence-electron chi connectivity index (χ3n) is 6.31. The lowest BCUT2D eigenvalue weighted by atomic mass is 9.96. The summed E-state index contributed by atoms with van der Waals surface area (Å²) in [4.78, 5) is 23.1. The van der Waals surface area contributed by atoms with Crippen LogP contribution in [0.2, 0.25) is 0 Å². The number of guanidine groups is 1. The topological polar surface area (TPSA) is 77.2 Å². The molecule has 0 bridgehead atoms. The highest BCUT2D eigenvalue weighted by atomic mass is 127. The van der Waals surface area contributed by atoms with E-state index in [4.69, 9.17) is 5.73 Å². The molecule has 7 nitrogen and oxygen atoms in total. The molecule has 0 radical (unpaired) electrons. The van der Waals surface area contributed by atoms with Crippen molar-refractivity contribution < 1.29 is 4.79 Å². The summed E-state index contributed by atoms with van der Waals surface area (Å²) in [5, 5.41) is 3.54. The van der Waals surface area contributed by atoms with Crippen molar-refractivity contribution in [2.45, 2.75) is 32.2 Å². The van der Waals surface area contributed by atoms with E-state index in [-0.39, 0.29) is 35.8 Å². The summed E-state index contributed by atoms with van der Waals surface area (Å²) >= 11 is 0. The second-order valence-corrected chi connectivity index (χ2v) is 8.45. The summed E-state index contributed by atoms with van der Waals surface area (Å²) in [6, 6.07) is 10.7. The number of piperazine rings is 1. The number of carbonyl (C=O) groups excluding carboxylic acids is 1. The largest absolute Gasteiger partial charge is 0.369 e. The maximum atomic E-state index is 11.3. The predicted molar refractivity (Wildman–Crippen MR) is 138 cm³/mol. The minimum absolute atomic E-state index is 0. The van der Waals surface area contributed by atoms with E-state index in [1.54, 1.807) is 0 Å². The van der Waals surface area contributed by atoms with Crippen LogP contribution in [0, 0.1) is 5.92 Å². The van der Waals surface area contributed by atoms with Crippen molar-refractivity contribution in [2.24, 2.45) is 16.6 Å². The highest BCUT2D eigenvalue weighted by Crippen LogP contribution is 2.16. The number of nitrogens with zero attached hydrogens (tertiary/aromatic N) is 4. The molecule has 0 aromatic heterocycles. The minimum atomic E-state index is -0.133. The Bertz CT molecular complexity index is 670. The number of nitrogens with one attached hydrogen (secondary N) is 1. The van der Waals surface area contributed by atoms with E-state index in [0.29, 0.717) is 0 Å². The molecule has 3 N–H and O–H groups in total. The van der Waals surface area contributed by atoms with Crippen LogP contribution in [-0.2, 0) is 11.3 Å². The molecule has 8 heteroatoms. The lowest BCUT2D eigenvalue weighted by Crippen LogP contribution is -2.52. The van der Waals surface area contributed by atoms with Crippen LogP contribution in [0.1, 0.15) is 31.2 Å². The molecule has 2 fully saturated rings. The number of benzene rings is 1. The number of primary amides is 1. The van der Waals surface area contributed by atoms with Gasteiger partial charge < -0.3 is 20.9 Å². The number of carbonyl (C=O) groups is 1. The monoisotopic (exact) mass is 542 g/mol. The van der Waals surface area contributed by atoms with Crippen LogP contribution < -0.4 is 11.1 Å². The maximum absolute atomic E-state index is 11.3. The van der Waals surface area contributed by atoms with Gasteiger partial charge in [0.2, 0.25) is 5.91 Å². The number of aliphatic imine (C=N–C) groups is 1. The Labute approximate surface area is 204 Å². The smallest absolute Gasteiger partial charge is 0.220 e. The van der Waals surface area contributed by atoms with Gasteiger partial charge in [0.1, 0.15) is 0 Å². The van der Waals surface area contributed by atoms with Crippen LogP contribution in [-0.4, -0.2) is 86.0 Å². The zero-order valence-corrected chi connectivity index (χ0v) is 21.2. The van der Waals surface area contributed by atoms with E-state index in [9.17, 15) is 4.79 Å². The van der Waals surface area contributed by atoms with E-state index in [2.05, 4.69) is 55.3 Å². The van der Waals surface area contributed by atoms with Gasteiger partial charge >= 0.3 is 0 Å². The number of nitrogens with two attached hydrogens (primary N) is 1. The van der Waals surface area contributed by atoms with Gasteiger partial charge in [-0.1, -0.05) is 30.3 Å². The standard InChI is InChI=1S/C23H38N6O.HI/c1-25-23(26-11-5-6-12-27-13-9-21(10-14-27)22(24)30)29-17-15-28(16-18-29)19-20-7-3-2-4-8-20;/h2-4,7-8,21H,5-6,9-19H2,1H3,(H2,24,30)(H,25,26);1H. The van der Waals surface area contributed by atoms with Crippen LogP contribution in [0.4, 0.5) is 0 Å². The van der Waals surface area contributed by atoms with Gasteiger partial charge in [0.25, 0.3) is 0 Å². The number of likely N-dealkylation sites (tertiary alicyclic amines) is 1. The average molecular weight is 543 g/mol. The molecule has 2 saturated heterocycles. The van der Waals surface area contributed by atoms with Crippen molar-refractivity contribution in [3.63, 3.8) is 0 Å². The second-order valence-electron chi connectivity index (χ2n) is 8.45. The van der Waals surface area contributed by atoms with Gasteiger partial charge in [0.05, 0.1) is 0 Å². The summed E-state index contributed by atoms with van der Waals surface area (Å²) in [6.45, 7) is 9.23. The van der Waals surface area contributed by atoms with Crippen LogP contribution >= 0.6 is 24.0 Å². The normalized spacial score (nSPS) is 19.1. The van der Waals surface area contributed by atoms with Gasteiger partial charge in [-0.15, -0.1) is 24.0 Å². The van der Waals surface area contributed by atoms with Crippen molar-refractivity contribution in [1.29, 1.82) is 0 Å². The molecular formula is C23H39IN6O. The van der Waals surface area contributed by atoms with Crippen LogP contribution in [0.3, 0.4) is 0 Å².